The quantitative estimate of drug-likeness (QED) is 0.603. The fourth-order valence-electron chi connectivity index (χ4n) is 2.45. The third kappa shape index (κ3) is 6.30. The van der Waals surface area contributed by atoms with Gasteiger partial charge in [-0.25, -0.2) is 4.79 Å². The summed E-state index contributed by atoms with van der Waals surface area (Å²) < 4.78 is 30.2. The summed E-state index contributed by atoms with van der Waals surface area (Å²) in [5.41, 5.74) is 2.62. The summed E-state index contributed by atoms with van der Waals surface area (Å²) in [6.45, 7) is 0. The lowest BCUT2D eigenvalue weighted by atomic mass is 10.0. The molecule has 0 aliphatic rings. The molecule has 8 heteroatoms. The van der Waals surface area contributed by atoms with Crippen LogP contribution in [0.15, 0.2) is 54.6 Å². The summed E-state index contributed by atoms with van der Waals surface area (Å²) >= 11 is 0. The van der Waals surface area contributed by atoms with Crippen LogP contribution in [0.3, 0.4) is 0 Å². The Morgan fingerprint density at radius 2 is 1.65 bits per heavy atom. The molecule has 0 saturated heterocycles. The van der Waals surface area contributed by atoms with Gasteiger partial charge >= 0.3 is 5.97 Å². The van der Waals surface area contributed by atoms with Crippen molar-refractivity contribution in [1.82, 2.24) is 5.32 Å². The highest BCUT2D eigenvalue weighted by Crippen LogP contribution is 2.20. The Morgan fingerprint density at radius 3 is 2.27 bits per heavy atom. The normalized spacial score (nSPS) is 12.3. The number of hydrogen-bond acceptors (Lipinski definition) is 4. The van der Waals surface area contributed by atoms with Crippen LogP contribution in [0.4, 0.5) is 0 Å². The van der Waals surface area contributed by atoms with E-state index in [0.717, 1.165) is 11.1 Å². The van der Waals surface area contributed by atoms with Crippen LogP contribution >= 0.6 is 0 Å². The number of carboxylic acids is 1. The first kappa shape index (κ1) is 19.6. The van der Waals surface area contributed by atoms with Gasteiger partial charge in [-0.05, 0) is 23.1 Å². The summed E-state index contributed by atoms with van der Waals surface area (Å²) in [6.07, 6.45) is -0.458. The monoisotopic (exact) mass is 377 g/mol. The smallest absolute Gasteiger partial charge is 0.326 e. The largest absolute Gasteiger partial charge is 0.480 e. The molecule has 0 aromatic heterocycles. The van der Waals surface area contributed by atoms with E-state index in [1.54, 1.807) is 12.1 Å². The van der Waals surface area contributed by atoms with Crippen LogP contribution in [0.25, 0.3) is 11.1 Å². The lowest BCUT2D eigenvalue weighted by Gasteiger charge is -2.14. The summed E-state index contributed by atoms with van der Waals surface area (Å²) in [6, 6.07) is 15.5. The van der Waals surface area contributed by atoms with Gasteiger partial charge in [0.2, 0.25) is 5.91 Å². The van der Waals surface area contributed by atoms with Crippen molar-refractivity contribution >= 4 is 22.0 Å². The Kier molecular flexibility index (Phi) is 6.48. The van der Waals surface area contributed by atoms with Crippen LogP contribution in [-0.4, -0.2) is 41.7 Å². The lowest BCUT2D eigenvalue weighted by molar-refractivity contribution is -0.141. The minimum atomic E-state index is -4.30. The van der Waals surface area contributed by atoms with Gasteiger partial charge in [0.1, 0.15) is 6.04 Å². The number of rotatable bonds is 8. The molecule has 0 fully saturated rings. The molecule has 2 rings (SSSR count). The lowest BCUT2D eigenvalue weighted by Crippen LogP contribution is -2.42. The molecule has 2 aromatic carbocycles. The highest BCUT2D eigenvalue weighted by atomic mass is 32.2. The van der Waals surface area contributed by atoms with E-state index in [1.807, 2.05) is 42.5 Å². The van der Waals surface area contributed by atoms with Crippen LogP contribution in [0.1, 0.15) is 12.0 Å². The van der Waals surface area contributed by atoms with E-state index in [-0.39, 0.29) is 6.42 Å². The summed E-state index contributed by atoms with van der Waals surface area (Å²) in [5, 5.41) is 11.4. The van der Waals surface area contributed by atoms with E-state index in [0.29, 0.717) is 5.56 Å². The standard InChI is InChI=1S/C18H19NO6S/c20-17(19-16(18(21)22)9-10-26(23,24)25)12-13-5-4-8-15(11-13)14-6-2-1-3-7-14/h1-8,11,16H,9-10,12H2,(H,19,20)(H,21,22)(H,23,24,25)/t16-/m0/s1. The van der Waals surface area contributed by atoms with Crippen molar-refractivity contribution in [3.05, 3.63) is 60.2 Å². The van der Waals surface area contributed by atoms with Crippen LogP contribution in [0, 0.1) is 0 Å². The number of amides is 1. The molecule has 0 unspecified atom stereocenters. The van der Waals surface area contributed by atoms with E-state index >= 15 is 0 Å². The first-order valence-electron chi connectivity index (χ1n) is 7.86. The molecular weight excluding hydrogens is 358 g/mol. The molecule has 0 radical (unpaired) electrons. The predicted molar refractivity (Wildman–Crippen MR) is 96.2 cm³/mol. The molecule has 0 spiro atoms. The molecule has 26 heavy (non-hydrogen) atoms. The minimum absolute atomic E-state index is 0.0453. The highest BCUT2D eigenvalue weighted by Gasteiger charge is 2.22. The second kappa shape index (κ2) is 8.59. The number of carboxylic acid groups (broad SMARTS) is 1. The van der Waals surface area contributed by atoms with E-state index in [1.165, 1.54) is 0 Å². The Hall–Kier alpha value is -2.71. The van der Waals surface area contributed by atoms with Gasteiger partial charge in [0.15, 0.2) is 0 Å². The fraction of sp³-hybridized carbons (Fsp3) is 0.222. The van der Waals surface area contributed by atoms with Crippen molar-refractivity contribution in [3.8, 4) is 11.1 Å². The zero-order valence-electron chi connectivity index (χ0n) is 13.8. The number of carbonyl (C=O) groups is 2. The van der Waals surface area contributed by atoms with Crippen molar-refractivity contribution in [2.75, 3.05) is 5.75 Å². The van der Waals surface area contributed by atoms with Crippen molar-refractivity contribution in [1.29, 1.82) is 0 Å². The number of aliphatic carboxylic acids is 1. The fourth-order valence-corrected chi connectivity index (χ4v) is 2.98. The molecule has 7 nitrogen and oxygen atoms in total. The maximum atomic E-state index is 12.1. The van der Waals surface area contributed by atoms with Crippen LogP contribution in [0.2, 0.25) is 0 Å². The van der Waals surface area contributed by atoms with Crippen LogP contribution in [0.5, 0.6) is 0 Å². The average molecular weight is 377 g/mol. The second-order valence-electron chi connectivity index (χ2n) is 5.78. The van der Waals surface area contributed by atoms with E-state index < -0.39 is 40.2 Å². The first-order chi connectivity index (χ1) is 12.2. The molecule has 0 saturated carbocycles. The molecule has 1 atom stereocenters. The topological polar surface area (TPSA) is 121 Å². The van der Waals surface area contributed by atoms with Crippen molar-refractivity contribution < 1.29 is 27.7 Å². The molecule has 2 aromatic rings. The number of carbonyl (C=O) groups excluding carboxylic acids is 1. The van der Waals surface area contributed by atoms with E-state index in [9.17, 15) is 18.0 Å². The van der Waals surface area contributed by atoms with Gasteiger partial charge in [0.25, 0.3) is 10.1 Å². The maximum Gasteiger partial charge on any atom is 0.326 e. The molecule has 1 amide bonds. The zero-order chi connectivity index (χ0) is 19.2. The van der Waals surface area contributed by atoms with Crippen LogP contribution in [-0.2, 0) is 26.1 Å². The Labute approximate surface area is 151 Å². The van der Waals surface area contributed by atoms with Gasteiger partial charge in [0.05, 0.1) is 12.2 Å². The molecule has 0 aliphatic heterocycles. The van der Waals surface area contributed by atoms with Gasteiger partial charge in [-0.15, -0.1) is 0 Å². The van der Waals surface area contributed by atoms with Crippen LogP contribution < -0.4 is 5.32 Å². The number of nitrogens with one attached hydrogen (secondary N) is 1. The molecule has 0 bridgehead atoms. The third-order valence-electron chi connectivity index (χ3n) is 3.70. The maximum absolute atomic E-state index is 12.1. The molecule has 0 aliphatic carbocycles. The van der Waals surface area contributed by atoms with Crippen molar-refractivity contribution in [2.45, 2.75) is 18.9 Å². The Bertz CT molecular complexity index is 880. The zero-order valence-corrected chi connectivity index (χ0v) is 14.6. The number of hydrogen-bond donors (Lipinski definition) is 3. The van der Waals surface area contributed by atoms with E-state index in [4.69, 9.17) is 9.66 Å². The van der Waals surface area contributed by atoms with Gasteiger partial charge in [0, 0.05) is 0 Å². The van der Waals surface area contributed by atoms with Crippen molar-refractivity contribution in [3.63, 3.8) is 0 Å². The molecular formula is C18H19NO6S. The minimum Gasteiger partial charge on any atom is -0.480 e. The van der Waals surface area contributed by atoms with Gasteiger partial charge in [-0.1, -0.05) is 54.6 Å². The summed E-state index contributed by atoms with van der Waals surface area (Å²) in [7, 11) is -4.30. The SMILES string of the molecule is O=C(Cc1cccc(-c2ccccc2)c1)N[C@@H](CCS(=O)(=O)O)C(=O)O. The first-order valence-corrected chi connectivity index (χ1v) is 9.47. The van der Waals surface area contributed by atoms with Gasteiger partial charge in [-0.2, -0.15) is 8.42 Å². The summed E-state index contributed by atoms with van der Waals surface area (Å²) in [4.78, 5) is 23.3. The Balaban J connectivity index is 2.03. The average Bonchev–Trinajstić information content (AvgIpc) is 2.58. The van der Waals surface area contributed by atoms with Crippen molar-refractivity contribution in [2.24, 2.45) is 0 Å². The second-order valence-corrected chi connectivity index (χ2v) is 7.35. The number of benzene rings is 2. The molecule has 0 heterocycles. The predicted octanol–water partition coefficient (Wildman–Crippen LogP) is 1.74. The molecule has 3 N–H and O–H groups in total. The van der Waals surface area contributed by atoms with Gasteiger partial charge in [-0.3, -0.25) is 9.35 Å². The highest BCUT2D eigenvalue weighted by molar-refractivity contribution is 7.85. The van der Waals surface area contributed by atoms with Gasteiger partial charge < -0.3 is 10.4 Å². The molecule has 138 valence electrons. The third-order valence-corrected chi connectivity index (χ3v) is 4.45. The Morgan fingerprint density at radius 1 is 1.00 bits per heavy atom. The summed E-state index contributed by atoms with van der Waals surface area (Å²) in [5.74, 6) is -2.65. The van der Waals surface area contributed by atoms with E-state index in [2.05, 4.69) is 5.32 Å².